The van der Waals surface area contributed by atoms with Gasteiger partial charge in [-0.1, -0.05) is 0 Å². The van der Waals surface area contributed by atoms with E-state index < -0.39 is 0 Å². The van der Waals surface area contributed by atoms with Gasteiger partial charge in [-0.05, 0) is 38.8 Å². The van der Waals surface area contributed by atoms with E-state index in [4.69, 9.17) is 0 Å². The van der Waals surface area contributed by atoms with Crippen LogP contribution < -0.4 is 10.6 Å². The smallest absolute Gasteiger partial charge is 0.314 e. The van der Waals surface area contributed by atoms with Crippen molar-refractivity contribution in [2.75, 3.05) is 33.7 Å². The van der Waals surface area contributed by atoms with Gasteiger partial charge in [-0.25, -0.2) is 4.79 Å². The number of nitrogens with zero attached hydrogens (tertiary/aromatic N) is 1. The summed E-state index contributed by atoms with van der Waals surface area (Å²) in [6.45, 7) is 3.19. The van der Waals surface area contributed by atoms with Crippen molar-refractivity contribution in [1.29, 1.82) is 0 Å². The van der Waals surface area contributed by atoms with Gasteiger partial charge in [0, 0.05) is 20.1 Å². The number of carbonyl (C=O) groups excluding carboxylic acids is 1. The molecule has 1 fully saturated rings. The van der Waals surface area contributed by atoms with Crippen molar-refractivity contribution in [2.24, 2.45) is 5.92 Å². The Balaban J connectivity index is 2.08. The maximum Gasteiger partial charge on any atom is 0.314 e. The molecule has 0 radical (unpaired) electrons. The van der Waals surface area contributed by atoms with Crippen molar-refractivity contribution in [3.8, 4) is 0 Å². The lowest BCUT2D eigenvalue weighted by Crippen LogP contribution is -2.37. The van der Waals surface area contributed by atoms with E-state index in [1.54, 1.807) is 7.05 Å². The summed E-state index contributed by atoms with van der Waals surface area (Å²) in [4.78, 5) is 13.3. The Labute approximate surface area is 86.0 Å². The molecule has 2 N–H and O–H groups in total. The van der Waals surface area contributed by atoms with Crippen LogP contribution in [0.2, 0.25) is 0 Å². The first kappa shape index (κ1) is 11.3. The van der Waals surface area contributed by atoms with E-state index in [0.717, 1.165) is 18.9 Å². The van der Waals surface area contributed by atoms with Crippen LogP contribution in [0.4, 0.5) is 4.79 Å². The molecular formula is C10H21N3O. The molecule has 0 bridgehead atoms. The standard InChI is InChI=1S/C10H21N3O/c1-11-10(14)12-6-5-9-4-3-7-13(2)8-9/h9H,3-8H2,1-2H3,(H2,11,12,14). The highest BCUT2D eigenvalue weighted by molar-refractivity contribution is 5.73. The molecule has 4 nitrogen and oxygen atoms in total. The minimum absolute atomic E-state index is 0.0748. The number of piperidine rings is 1. The Hall–Kier alpha value is -0.770. The van der Waals surface area contributed by atoms with Crippen molar-refractivity contribution < 1.29 is 4.79 Å². The quantitative estimate of drug-likeness (QED) is 0.701. The predicted molar refractivity (Wildman–Crippen MR) is 57.3 cm³/mol. The van der Waals surface area contributed by atoms with E-state index in [2.05, 4.69) is 22.6 Å². The topological polar surface area (TPSA) is 44.4 Å². The molecule has 2 amide bonds. The van der Waals surface area contributed by atoms with Gasteiger partial charge in [0.05, 0.1) is 0 Å². The van der Waals surface area contributed by atoms with Crippen molar-refractivity contribution in [2.45, 2.75) is 19.3 Å². The molecular weight excluding hydrogens is 178 g/mol. The van der Waals surface area contributed by atoms with Gasteiger partial charge in [-0.2, -0.15) is 0 Å². The molecule has 1 aliphatic rings. The molecule has 1 saturated heterocycles. The van der Waals surface area contributed by atoms with E-state index in [9.17, 15) is 4.79 Å². The lowest BCUT2D eigenvalue weighted by Gasteiger charge is -2.29. The van der Waals surface area contributed by atoms with Crippen molar-refractivity contribution >= 4 is 6.03 Å². The molecule has 0 spiro atoms. The second-order valence-corrected chi connectivity index (χ2v) is 4.07. The molecule has 82 valence electrons. The van der Waals surface area contributed by atoms with E-state index in [1.165, 1.54) is 25.9 Å². The van der Waals surface area contributed by atoms with Crippen LogP contribution in [0.5, 0.6) is 0 Å². The predicted octanol–water partition coefficient (Wildman–Crippen LogP) is 0.647. The van der Waals surface area contributed by atoms with Crippen LogP contribution in [0.1, 0.15) is 19.3 Å². The molecule has 0 saturated carbocycles. The Morgan fingerprint density at radius 2 is 2.36 bits per heavy atom. The summed E-state index contributed by atoms with van der Waals surface area (Å²) in [5.41, 5.74) is 0. The zero-order valence-corrected chi connectivity index (χ0v) is 9.18. The van der Waals surface area contributed by atoms with Crippen molar-refractivity contribution in [1.82, 2.24) is 15.5 Å². The fraction of sp³-hybridized carbons (Fsp3) is 0.900. The second kappa shape index (κ2) is 5.86. The van der Waals surface area contributed by atoms with Gasteiger partial charge in [-0.15, -0.1) is 0 Å². The summed E-state index contributed by atoms with van der Waals surface area (Å²) in [5.74, 6) is 0.755. The van der Waals surface area contributed by atoms with Crippen LogP contribution in [-0.2, 0) is 0 Å². The van der Waals surface area contributed by atoms with Crippen LogP contribution >= 0.6 is 0 Å². The number of amides is 2. The number of rotatable bonds is 3. The first-order valence-electron chi connectivity index (χ1n) is 5.36. The Kier molecular flexibility index (Phi) is 4.73. The number of carbonyl (C=O) groups is 1. The average molecular weight is 199 g/mol. The number of nitrogens with one attached hydrogen (secondary N) is 2. The fourth-order valence-electron chi connectivity index (χ4n) is 1.99. The summed E-state index contributed by atoms with van der Waals surface area (Å²) >= 11 is 0. The average Bonchev–Trinajstić information content (AvgIpc) is 2.17. The molecule has 14 heavy (non-hydrogen) atoms. The molecule has 0 aliphatic carbocycles. The lowest BCUT2D eigenvalue weighted by molar-refractivity contribution is 0.200. The minimum atomic E-state index is -0.0748. The van der Waals surface area contributed by atoms with Crippen LogP contribution in [-0.4, -0.2) is 44.7 Å². The van der Waals surface area contributed by atoms with Gasteiger partial charge < -0.3 is 15.5 Å². The molecule has 1 rings (SSSR count). The number of likely N-dealkylation sites (tertiary alicyclic amines) is 1. The molecule has 1 heterocycles. The van der Waals surface area contributed by atoms with Crippen LogP contribution in [0.25, 0.3) is 0 Å². The highest BCUT2D eigenvalue weighted by Crippen LogP contribution is 2.17. The fourth-order valence-corrected chi connectivity index (χ4v) is 1.99. The first-order valence-corrected chi connectivity index (χ1v) is 5.36. The molecule has 0 aromatic carbocycles. The SMILES string of the molecule is CNC(=O)NCCC1CCCN(C)C1. The van der Waals surface area contributed by atoms with E-state index in [0.29, 0.717) is 0 Å². The Morgan fingerprint density at radius 1 is 1.57 bits per heavy atom. The maximum absolute atomic E-state index is 10.9. The highest BCUT2D eigenvalue weighted by Gasteiger charge is 2.16. The summed E-state index contributed by atoms with van der Waals surface area (Å²) in [6.07, 6.45) is 3.69. The zero-order valence-electron chi connectivity index (χ0n) is 9.18. The van der Waals surface area contributed by atoms with Gasteiger partial charge in [0.2, 0.25) is 0 Å². The normalized spacial score (nSPS) is 23.1. The number of hydrogen-bond acceptors (Lipinski definition) is 2. The Morgan fingerprint density at radius 3 is 3.00 bits per heavy atom. The third-order valence-electron chi connectivity index (χ3n) is 2.79. The van der Waals surface area contributed by atoms with Crippen molar-refractivity contribution in [3.05, 3.63) is 0 Å². The van der Waals surface area contributed by atoms with Crippen LogP contribution in [0, 0.1) is 5.92 Å². The second-order valence-electron chi connectivity index (χ2n) is 4.07. The van der Waals surface area contributed by atoms with Crippen LogP contribution in [0.15, 0.2) is 0 Å². The van der Waals surface area contributed by atoms with Gasteiger partial charge in [0.25, 0.3) is 0 Å². The monoisotopic (exact) mass is 199 g/mol. The molecule has 4 heteroatoms. The maximum atomic E-state index is 10.9. The number of hydrogen-bond donors (Lipinski definition) is 2. The van der Waals surface area contributed by atoms with Crippen molar-refractivity contribution in [3.63, 3.8) is 0 Å². The lowest BCUT2D eigenvalue weighted by atomic mass is 9.95. The molecule has 0 aromatic rings. The molecule has 0 aromatic heterocycles. The largest absolute Gasteiger partial charge is 0.341 e. The summed E-state index contributed by atoms with van der Waals surface area (Å²) in [5, 5.41) is 5.38. The highest BCUT2D eigenvalue weighted by atomic mass is 16.2. The molecule has 1 atom stereocenters. The van der Waals surface area contributed by atoms with E-state index >= 15 is 0 Å². The van der Waals surface area contributed by atoms with Gasteiger partial charge in [0.15, 0.2) is 0 Å². The first-order chi connectivity index (χ1) is 6.72. The number of urea groups is 1. The third kappa shape index (κ3) is 3.96. The minimum Gasteiger partial charge on any atom is -0.341 e. The Bertz CT molecular complexity index is 184. The van der Waals surface area contributed by atoms with Gasteiger partial charge >= 0.3 is 6.03 Å². The molecule has 1 unspecified atom stereocenters. The molecule has 1 aliphatic heterocycles. The third-order valence-corrected chi connectivity index (χ3v) is 2.79. The van der Waals surface area contributed by atoms with E-state index in [-0.39, 0.29) is 6.03 Å². The van der Waals surface area contributed by atoms with Gasteiger partial charge in [-0.3, -0.25) is 0 Å². The summed E-state index contributed by atoms with van der Waals surface area (Å²) in [6, 6.07) is -0.0748. The van der Waals surface area contributed by atoms with Gasteiger partial charge in [0.1, 0.15) is 0 Å². The summed E-state index contributed by atoms with van der Waals surface area (Å²) < 4.78 is 0. The summed E-state index contributed by atoms with van der Waals surface area (Å²) in [7, 11) is 3.81. The zero-order chi connectivity index (χ0) is 10.4. The van der Waals surface area contributed by atoms with E-state index in [1.807, 2.05) is 0 Å². The van der Waals surface area contributed by atoms with Crippen LogP contribution in [0.3, 0.4) is 0 Å².